The normalized spacial score (nSPS) is 15.6. The molecule has 3 aromatic rings. The Morgan fingerprint density at radius 1 is 1.10 bits per heavy atom. The minimum Gasteiger partial charge on any atom is -0.321 e. The molecule has 1 aromatic heterocycles. The van der Waals surface area contributed by atoms with Crippen LogP contribution in [0, 0.1) is 6.92 Å². The lowest BCUT2D eigenvalue weighted by molar-refractivity contribution is 0.102. The Labute approximate surface area is 181 Å². The highest BCUT2D eigenvalue weighted by molar-refractivity contribution is 7.89. The van der Waals surface area contributed by atoms with E-state index in [1.807, 2.05) is 35.9 Å². The van der Waals surface area contributed by atoms with Crippen molar-refractivity contribution in [3.8, 4) is 5.69 Å². The third kappa shape index (κ3) is 3.88. The molecule has 5 rings (SSSR count). The lowest BCUT2D eigenvalue weighted by Crippen LogP contribution is -2.25. The van der Waals surface area contributed by atoms with Crippen LogP contribution in [0.5, 0.6) is 0 Å². The van der Waals surface area contributed by atoms with E-state index in [9.17, 15) is 13.2 Å². The van der Waals surface area contributed by atoms with Gasteiger partial charge in [0, 0.05) is 23.0 Å². The fraction of sp³-hybridized carbons (Fsp3) is 0.304. The first-order valence-electron chi connectivity index (χ1n) is 10.5. The molecule has 0 unspecified atom stereocenters. The number of hydrogen-bond acceptors (Lipinski definition) is 4. The molecule has 2 aliphatic carbocycles. The third-order valence-corrected chi connectivity index (χ3v) is 7.31. The number of aryl methyl sites for hydroxylation is 1. The van der Waals surface area contributed by atoms with Crippen molar-refractivity contribution in [2.45, 2.75) is 50.0 Å². The standard InChI is InChI=1S/C23H24N4O3S/c1-15-6-2-3-10-20(15)27-21-11-5-9-19(21)22(25-27)23(28)24-17-7-4-8-18(14-17)31(29,30)26-16-12-13-16/h2-4,6-8,10,14,16,26H,5,9,11-13H2,1H3,(H,24,28). The number of aromatic nitrogens is 2. The average Bonchev–Trinajstić information content (AvgIpc) is 3.28. The predicted molar refractivity (Wildman–Crippen MR) is 118 cm³/mol. The van der Waals surface area contributed by atoms with E-state index in [0.29, 0.717) is 11.4 Å². The van der Waals surface area contributed by atoms with Crippen LogP contribution >= 0.6 is 0 Å². The molecule has 1 heterocycles. The van der Waals surface area contributed by atoms with Gasteiger partial charge in [0.1, 0.15) is 0 Å². The lowest BCUT2D eigenvalue weighted by atomic mass is 10.1. The second-order valence-corrected chi connectivity index (χ2v) is 9.92. The number of rotatable bonds is 6. The molecule has 0 bridgehead atoms. The Hall–Kier alpha value is -2.97. The van der Waals surface area contributed by atoms with Crippen molar-refractivity contribution < 1.29 is 13.2 Å². The van der Waals surface area contributed by atoms with E-state index in [0.717, 1.165) is 54.6 Å². The van der Waals surface area contributed by atoms with Gasteiger partial charge in [0.25, 0.3) is 5.91 Å². The van der Waals surface area contributed by atoms with E-state index >= 15 is 0 Å². The van der Waals surface area contributed by atoms with E-state index in [1.165, 1.54) is 12.1 Å². The van der Waals surface area contributed by atoms with Crippen LogP contribution in [-0.4, -0.2) is 30.1 Å². The van der Waals surface area contributed by atoms with Crippen LogP contribution in [-0.2, 0) is 22.9 Å². The van der Waals surface area contributed by atoms with Gasteiger partial charge in [0.15, 0.2) is 5.69 Å². The maximum Gasteiger partial charge on any atom is 0.276 e. The molecule has 8 heteroatoms. The Kier molecular flexibility index (Phi) is 4.91. The molecule has 1 amide bonds. The van der Waals surface area contributed by atoms with Crippen LogP contribution in [0.15, 0.2) is 53.4 Å². The minimum absolute atomic E-state index is 0.0243. The summed E-state index contributed by atoms with van der Waals surface area (Å²) < 4.78 is 29.5. The Morgan fingerprint density at radius 2 is 1.90 bits per heavy atom. The molecular formula is C23H24N4O3S. The van der Waals surface area contributed by atoms with Crippen molar-refractivity contribution in [3.05, 3.63) is 71.0 Å². The maximum atomic E-state index is 13.1. The van der Waals surface area contributed by atoms with Crippen LogP contribution in [0.25, 0.3) is 5.69 Å². The number of benzene rings is 2. The minimum atomic E-state index is -3.59. The zero-order chi connectivity index (χ0) is 21.6. The molecule has 2 aliphatic rings. The molecule has 31 heavy (non-hydrogen) atoms. The summed E-state index contributed by atoms with van der Waals surface area (Å²) in [6.45, 7) is 2.03. The largest absolute Gasteiger partial charge is 0.321 e. The number of carbonyl (C=O) groups is 1. The molecule has 0 aliphatic heterocycles. The van der Waals surface area contributed by atoms with Crippen LogP contribution in [0.1, 0.15) is 46.6 Å². The Bertz CT molecular complexity index is 1280. The number of anilines is 1. The van der Waals surface area contributed by atoms with Crippen LogP contribution in [0.4, 0.5) is 5.69 Å². The molecule has 2 aromatic carbocycles. The summed E-state index contributed by atoms with van der Waals surface area (Å²) in [5.74, 6) is -0.324. The third-order valence-electron chi connectivity index (χ3n) is 5.79. The fourth-order valence-electron chi connectivity index (χ4n) is 4.04. The predicted octanol–water partition coefficient (Wildman–Crippen LogP) is 3.36. The lowest BCUT2D eigenvalue weighted by Gasteiger charge is -2.09. The number of hydrogen-bond donors (Lipinski definition) is 2. The van der Waals surface area contributed by atoms with Crippen LogP contribution < -0.4 is 10.0 Å². The molecule has 1 fully saturated rings. The van der Waals surface area contributed by atoms with Crippen LogP contribution in [0.2, 0.25) is 0 Å². The monoisotopic (exact) mass is 436 g/mol. The van der Waals surface area contributed by atoms with Gasteiger partial charge >= 0.3 is 0 Å². The highest BCUT2D eigenvalue weighted by Gasteiger charge is 2.29. The second-order valence-electron chi connectivity index (χ2n) is 8.20. The highest BCUT2D eigenvalue weighted by Crippen LogP contribution is 2.29. The average molecular weight is 437 g/mol. The quantitative estimate of drug-likeness (QED) is 0.620. The topological polar surface area (TPSA) is 93.1 Å². The van der Waals surface area contributed by atoms with Gasteiger partial charge in [0.05, 0.1) is 10.6 Å². The summed E-state index contributed by atoms with van der Waals surface area (Å²) in [5.41, 5.74) is 4.94. The van der Waals surface area contributed by atoms with Gasteiger partial charge in [-0.3, -0.25) is 4.79 Å². The van der Waals surface area contributed by atoms with Gasteiger partial charge in [-0.25, -0.2) is 17.8 Å². The Morgan fingerprint density at radius 3 is 2.68 bits per heavy atom. The number of para-hydroxylation sites is 1. The number of fused-ring (bicyclic) bond motifs is 1. The number of carbonyl (C=O) groups excluding carboxylic acids is 1. The first-order chi connectivity index (χ1) is 14.9. The van der Waals surface area contributed by atoms with Crippen molar-refractivity contribution >= 4 is 21.6 Å². The van der Waals surface area contributed by atoms with Crippen molar-refractivity contribution in [2.75, 3.05) is 5.32 Å². The summed E-state index contributed by atoms with van der Waals surface area (Å²) in [6.07, 6.45) is 4.41. The van der Waals surface area contributed by atoms with Gasteiger partial charge in [-0.05, 0) is 68.9 Å². The maximum absolute atomic E-state index is 13.1. The van der Waals surface area contributed by atoms with Crippen molar-refractivity contribution in [2.24, 2.45) is 0 Å². The molecule has 0 atom stereocenters. The summed E-state index contributed by atoms with van der Waals surface area (Å²) in [6, 6.07) is 14.3. The zero-order valence-electron chi connectivity index (χ0n) is 17.3. The Balaban J connectivity index is 1.44. The zero-order valence-corrected chi connectivity index (χ0v) is 18.1. The van der Waals surface area contributed by atoms with Gasteiger partial charge in [-0.2, -0.15) is 5.10 Å². The molecular weight excluding hydrogens is 412 g/mol. The number of nitrogens with one attached hydrogen (secondary N) is 2. The number of nitrogens with zero attached hydrogens (tertiary/aromatic N) is 2. The van der Waals surface area contributed by atoms with E-state index in [2.05, 4.69) is 15.1 Å². The molecule has 2 N–H and O–H groups in total. The first-order valence-corrected chi connectivity index (χ1v) is 12.0. The summed E-state index contributed by atoms with van der Waals surface area (Å²) in [7, 11) is -3.59. The second kappa shape index (κ2) is 7.62. The van der Waals surface area contributed by atoms with Gasteiger partial charge in [0.2, 0.25) is 10.0 Å². The van der Waals surface area contributed by atoms with Gasteiger partial charge in [-0.15, -0.1) is 0 Å². The first kappa shape index (κ1) is 20.0. The molecule has 7 nitrogen and oxygen atoms in total. The van der Waals surface area contributed by atoms with E-state index in [4.69, 9.17) is 0 Å². The van der Waals surface area contributed by atoms with Crippen molar-refractivity contribution in [3.63, 3.8) is 0 Å². The smallest absolute Gasteiger partial charge is 0.276 e. The van der Waals surface area contributed by atoms with Crippen molar-refractivity contribution in [1.82, 2.24) is 14.5 Å². The van der Waals surface area contributed by atoms with Crippen LogP contribution in [0.3, 0.4) is 0 Å². The van der Waals surface area contributed by atoms with Gasteiger partial charge in [-0.1, -0.05) is 24.3 Å². The van der Waals surface area contributed by atoms with Crippen molar-refractivity contribution in [1.29, 1.82) is 0 Å². The fourth-order valence-corrected chi connectivity index (χ4v) is 5.39. The molecule has 0 spiro atoms. The van der Waals surface area contributed by atoms with E-state index < -0.39 is 10.0 Å². The number of sulfonamides is 1. The summed E-state index contributed by atoms with van der Waals surface area (Å²) in [4.78, 5) is 13.2. The SMILES string of the molecule is Cc1ccccc1-n1nc(C(=O)Nc2cccc(S(=O)(=O)NC3CC3)c2)c2c1CCC2. The van der Waals surface area contributed by atoms with Gasteiger partial charge < -0.3 is 5.32 Å². The summed E-state index contributed by atoms with van der Waals surface area (Å²) >= 11 is 0. The van der Waals surface area contributed by atoms with E-state index in [1.54, 1.807) is 12.1 Å². The highest BCUT2D eigenvalue weighted by atomic mass is 32.2. The molecule has 0 saturated heterocycles. The number of amides is 1. The summed E-state index contributed by atoms with van der Waals surface area (Å²) in [5, 5.41) is 7.49. The molecule has 160 valence electrons. The van der Waals surface area contributed by atoms with E-state index in [-0.39, 0.29) is 16.8 Å². The molecule has 1 saturated carbocycles. The molecule has 0 radical (unpaired) electrons.